The molecular weight excluding hydrogens is 374 g/mol. The van der Waals surface area contributed by atoms with E-state index in [0.717, 1.165) is 29.2 Å². The van der Waals surface area contributed by atoms with Crippen LogP contribution in [0.15, 0.2) is 42.7 Å². The zero-order valence-corrected chi connectivity index (χ0v) is 17.3. The van der Waals surface area contributed by atoms with Gasteiger partial charge in [-0.15, -0.1) is 0 Å². The molecular formula is C24H27N5O. The SMILES string of the molecule is CN(c1ccc2c(n1)OCCc1cc(-c3cn[nH]c3)ccc1-2)C1C[C@H]2CC[C@@H](C1)N2. The first-order valence-corrected chi connectivity index (χ1v) is 11.0. The molecule has 2 fully saturated rings. The first kappa shape index (κ1) is 18.0. The van der Waals surface area contributed by atoms with E-state index in [1.807, 2.05) is 12.4 Å². The Kier molecular flexibility index (Phi) is 4.27. The van der Waals surface area contributed by atoms with E-state index in [9.17, 15) is 0 Å². The van der Waals surface area contributed by atoms with Gasteiger partial charge in [0.25, 0.3) is 0 Å². The molecule has 3 aliphatic rings. The highest BCUT2D eigenvalue weighted by molar-refractivity contribution is 5.77. The van der Waals surface area contributed by atoms with Crippen molar-refractivity contribution in [3.63, 3.8) is 0 Å². The third-order valence-electron chi connectivity index (χ3n) is 7.04. The monoisotopic (exact) mass is 401 g/mol. The molecule has 154 valence electrons. The lowest BCUT2D eigenvalue weighted by atomic mass is 9.95. The number of fused-ring (bicyclic) bond motifs is 5. The summed E-state index contributed by atoms with van der Waals surface area (Å²) in [5, 5.41) is 10.7. The van der Waals surface area contributed by atoms with Crippen LogP contribution in [0.3, 0.4) is 0 Å². The highest BCUT2D eigenvalue weighted by atomic mass is 16.5. The van der Waals surface area contributed by atoms with Crippen molar-refractivity contribution >= 4 is 5.82 Å². The minimum absolute atomic E-state index is 0.546. The van der Waals surface area contributed by atoms with Crippen LogP contribution in [0, 0.1) is 0 Å². The first-order valence-electron chi connectivity index (χ1n) is 11.0. The summed E-state index contributed by atoms with van der Waals surface area (Å²) in [6, 6.07) is 12.8. The van der Waals surface area contributed by atoms with Crippen molar-refractivity contribution in [3.8, 4) is 28.1 Å². The quantitative estimate of drug-likeness (QED) is 0.699. The van der Waals surface area contributed by atoms with Gasteiger partial charge < -0.3 is 15.0 Å². The summed E-state index contributed by atoms with van der Waals surface area (Å²) in [6.07, 6.45) is 9.69. The van der Waals surface area contributed by atoms with E-state index in [1.54, 1.807) is 0 Å². The third kappa shape index (κ3) is 3.06. The zero-order valence-electron chi connectivity index (χ0n) is 17.3. The molecule has 3 atom stereocenters. The van der Waals surface area contributed by atoms with Crippen molar-refractivity contribution in [2.24, 2.45) is 0 Å². The lowest BCUT2D eigenvalue weighted by Crippen LogP contribution is -2.47. The summed E-state index contributed by atoms with van der Waals surface area (Å²) in [7, 11) is 2.19. The molecule has 6 heteroatoms. The van der Waals surface area contributed by atoms with Crippen molar-refractivity contribution in [2.75, 3.05) is 18.6 Å². The van der Waals surface area contributed by atoms with E-state index < -0.39 is 0 Å². The maximum absolute atomic E-state index is 6.13. The van der Waals surface area contributed by atoms with Crippen LogP contribution in [0.1, 0.15) is 31.2 Å². The number of hydrogen-bond donors (Lipinski definition) is 2. The molecule has 6 nitrogen and oxygen atoms in total. The van der Waals surface area contributed by atoms with Crippen LogP contribution >= 0.6 is 0 Å². The van der Waals surface area contributed by atoms with E-state index in [2.05, 4.69) is 57.8 Å². The number of piperidine rings is 1. The maximum atomic E-state index is 6.13. The van der Waals surface area contributed by atoms with Gasteiger partial charge in [0.2, 0.25) is 5.88 Å². The Bertz CT molecular complexity index is 1050. The lowest BCUT2D eigenvalue weighted by Gasteiger charge is -2.36. The van der Waals surface area contributed by atoms with Crippen LogP contribution in [0.2, 0.25) is 0 Å². The number of aromatic nitrogens is 3. The minimum atomic E-state index is 0.546. The van der Waals surface area contributed by atoms with Crippen LogP contribution in [0.4, 0.5) is 5.82 Å². The normalized spacial score (nSPS) is 24.5. The molecule has 0 aliphatic carbocycles. The van der Waals surface area contributed by atoms with Crippen molar-refractivity contribution in [1.82, 2.24) is 20.5 Å². The number of rotatable bonds is 3. The standard InChI is InChI=1S/C24H27N5O/c1-29(20-11-18-3-4-19(12-20)27-18)23-7-6-22-21-5-2-15(17-13-25-26-14-17)10-16(21)8-9-30-24(22)28-23/h2,5-7,10,13-14,18-20,27H,3-4,8-9,11-12H2,1H3,(H,25,26)/t18-,19+,20?. The van der Waals surface area contributed by atoms with Gasteiger partial charge in [0.15, 0.2) is 0 Å². The molecule has 0 radical (unpaired) electrons. The summed E-state index contributed by atoms with van der Waals surface area (Å²) in [6.45, 7) is 0.645. The molecule has 3 aliphatic heterocycles. The van der Waals surface area contributed by atoms with Gasteiger partial charge in [-0.1, -0.05) is 18.2 Å². The largest absolute Gasteiger partial charge is 0.477 e. The number of anilines is 1. The topological polar surface area (TPSA) is 66.1 Å². The molecule has 0 spiro atoms. The molecule has 2 aromatic heterocycles. The van der Waals surface area contributed by atoms with Crippen LogP contribution in [0.25, 0.3) is 22.3 Å². The number of nitrogens with zero attached hydrogens (tertiary/aromatic N) is 3. The number of pyridine rings is 1. The summed E-state index contributed by atoms with van der Waals surface area (Å²) in [5.41, 5.74) is 5.88. The fourth-order valence-corrected chi connectivity index (χ4v) is 5.38. The second kappa shape index (κ2) is 7.13. The molecule has 1 unspecified atom stereocenters. The Balaban J connectivity index is 1.31. The molecule has 1 aromatic carbocycles. The van der Waals surface area contributed by atoms with E-state index in [4.69, 9.17) is 9.72 Å². The smallest absolute Gasteiger partial charge is 0.223 e. The molecule has 0 saturated carbocycles. The van der Waals surface area contributed by atoms with Crippen LogP contribution in [-0.4, -0.2) is 47.0 Å². The van der Waals surface area contributed by atoms with Crippen LogP contribution in [-0.2, 0) is 6.42 Å². The number of ether oxygens (including phenoxy) is 1. The molecule has 2 bridgehead atoms. The van der Waals surface area contributed by atoms with Gasteiger partial charge in [-0.3, -0.25) is 5.10 Å². The predicted molar refractivity (Wildman–Crippen MR) is 118 cm³/mol. The molecule has 2 N–H and O–H groups in total. The van der Waals surface area contributed by atoms with Gasteiger partial charge in [0.1, 0.15) is 5.82 Å². The Morgan fingerprint density at radius 2 is 1.87 bits per heavy atom. The number of aromatic amines is 1. The van der Waals surface area contributed by atoms with E-state index in [1.165, 1.54) is 42.4 Å². The summed E-state index contributed by atoms with van der Waals surface area (Å²) < 4.78 is 6.13. The summed E-state index contributed by atoms with van der Waals surface area (Å²) >= 11 is 0. The van der Waals surface area contributed by atoms with E-state index >= 15 is 0 Å². The van der Waals surface area contributed by atoms with Gasteiger partial charge in [0.05, 0.1) is 12.8 Å². The average molecular weight is 402 g/mol. The van der Waals surface area contributed by atoms with Crippen LogP contribution in [0.5, 0.6) is 5.88 Å². The number of hydrogen-bond acceptors (Lipinski definition) is 5. The fourth-order valence-electron chi connectivity index (χ4n) is 5.38. The molecule has 3 aromatic rings. The van der Waals surface area contributed by atoms with E-state index in [0.29, 0.717) is 24.7 Å². The van der Waals surface area contributed by atoms with Crippen molar-refractivity contribution in [1.29, 1.82) is 0 Å². The van der Waals surface area contributed by atoms with Crippen molar-refractivity contribution < 1.29 is 4.74 Å². The van der Waals surface area contributed by atoms with Crippen molar-refractivity contribution in [3.05, 3.63) is 48.3 Å². The molecule has 5 heterocycles. The Morgan fingerprint density at radius 1 is 1.03 bits per heavy atom. The van der Waals surface area contributed by atoms with Gasteiger partial charge in [-0.05, 0) is 54.5 Å². The first-order chi connectivity index (χ1) is 14.7. The molecule has 0 amide bonds. The second-order valence-electron chi connectivity index (χ2n) is 8.85. The minimum Gasteiger partial charge on any atom is -0.477 e. The van der Waals surface area contributed by atoms with E-state index in [-0.39, 0.29) is 0 Å². The number of nitrogens with one attached hydrogen (secondary N) is 2. The molecule has 30 heavy (non-hydrogen) atoms. The average Bonchev–Trinajstić information content (AvgIpc) is 3.38. The van der Waals surface area contributed by atoms with Crippen molar-refractivity contribution in [2.45, 2.75) is 50.2 Å². The highest BCUT2D eigenvalue weighted by Crippen LogP contribution is 2.38. The zero-order chi connectivity index (χ0) is 20.1. The third-order valence-corrected chi connectivity index (χ3v) is 7.04. The number of H-pyrrole nitrogens is 1. The second-order valence-corrected chi connectivity index (χ2v) is 8.85. The van der Waals surface area contributed by atoms with Gasteiger partial charge in [-0.25, -0.2) is 0 Å². The van der Waals surface area contributed by atoms with Gasteiger partial charge >= 0.3 is 0 Å². The van der Waals surface area contributed by atoms with Crippen LogP contribution < -0.4 is 15.0 Å². The lowest BCUT2D eigenvalue weighted by molar-refractivity contribution is 0.313. The van der Waals surface area contributed by atoms with Gasteiger partial charge in [0, 0.05) is 48.9 Å². The molecule has 6 rings (SSSR count). The Labute approximate surface area is 176 Å². The predicted octanol–water partition coefficient (Wildman–Crippen LogP) is 3.79. The highest BCUT2D eigenvalue weighted by Gasteiger charge is 2.35. The Hall–Kier alpha value is -2.86. The maximum Gasteiger partial charge on any atom is 0.223 e. The Morgan fingerprint density at radius 3 is 2.67 bits per heavy atom. The summed E-state index contributed by atoms with van der Waals surface area (Å²) in [4.78, 5) is 7.32. The number of benzene rings is 1. The van der Waals surface area contributed by atoms with Gasteiger partial charge in [-0.2, -0.15) is 10.1 Å². The summed E-state index contributed by atoms with van der Waals surface area (Å²) in [5.74, 6) is 1.77. The molecule has 2 saturated heterocycles. The fraction of sp³-hybridized carbons (Fsp3) is 0.417.